The molecule has 6 nitrogen and oxygen atoms in total. The molecule has 1 aromatic carbocycles. The summed E-state index contributed by atoms with van der Waals surface area (Å²) < 4.78 is 12.4. The third-order valence-corrected chi connectivity index (χ3v) is 6.45. The van der Waals surface area contributed by atoms with Gasteiger partial charge in [0, 0.05) is 38.3 Å². The van der Waals surface area contributed by atoms with Crippen LogP contribution in [-0.2, 0) is 11.3 Å². The van der Waals surface area contributed by atoms with Gasteiger partial charge in [-0.25, -0.2) is 0 Å². The number of aliphatic imine (C=N–C) groups is 1. The number of fused-ring (bicyclic) bond motifs is 1. The molecule has 2 N–H and O–H groups in total. The standard InChI is InChI=1S/C23H36N4O2/c1-17-9-10-18(22(12-17)29-20-7-3-4-8-20)13-25-23(24-2)26-14-21-15-27-11-5-6-19(27)16-28-21/h9-10,12,19-21H,3-8,11,13-16H2,1-2H3,(H2,24,25,26). The molecular formula is C23H36N4O2. The highest BCUT2D eigenvalue weighted by Crippen LogP contribution is 2.27. The monoisotopic (exact) mass is 400 g/mol. The van der Waals surface area contributed by atoms with Gasteiger partial charge >= 0.3 is 0 Å². The number of benzene rings is 1. The zero-order chi connectivity index (χ0) is 20.1. The van der Waals surface area contributed by atoms with Crippen molar-refractivity contribution in [3.05, 3.63) is 29.3 Å². The molecule has 160 valence electrons. The summed E-state index contributed by atoms with van der Waals surface area (Å²) >= 11 is 0. The van der Waals surface area contributed by atoms with Crippen molar-refractivity contribution in [3.8, 4) is 5.75 Å². The first-order chi connectivity index (χ1) is 14.2. The SMILES string of the molecule is CN=C(NCc1ccc(C)cc1OC1CCCC1)NCC1CN2CCCC2CO1. The lowest BCUT2D eigenvalue weighted by Gasteiger charge is -2.35. The molecule has 1 aromatic rings. The molecule has 3 fully saturated rings. The van der Waals surface area contributed by atoms with Crippen molar-refractivity contribution in [1.29, 1.82) is 0 Å². The summed E-state index contributed by atoms with van der Waals surface area (Å²) in [5, 5.41) is 6.89. The molecule has 0 spiro atoms. The quantitative estimate of drug-likeness (QED) is 0.568. The number of hydrogen-bond acceptors (Lipinski definition) is 4. The van der Waals surface area contributed by atoms with E-state index in [4.69, 9.17) is 9.47 Å². The summed E-state index contributed by atoms with van der Waals surface area (Å²) in [6, 6.07) is 7.12. The Labute approximate surface area is 175 Å². The molecule has 2 atom stereocenters. The molecule has 1 aliphatic carbocycles. The smallest absolute Gasteiger partial charge is 0.191 e. The number of ether oxygens (including phenoxy) is 2. The summed E-state index contributed by atoms with van der Waals surface area (Å²) in [6.45, 7) is 6.70. The predicted octanol–water partition coefficient (Wildman–Crippen LogP) is 2.84. The minimum absolute atomic E-state index is 0.225. The number of rotatable bonds is 6. The molecule has 4 rings (SSSR count). The van der Waals surface area contributed by atoms with Crippen LogP contribution in [0.5, 0.6) is 5.75 Å². The fourth-order valence-corrected chi connectivity index (χ4v) is 4.72. The second-order valence-corrected chi connectivity index (χ2v) is 8.69. The molecule has 2 heterocycles. The lowest BCUT2D eigenvalue weighted by Crippen LogP contribution is -2.51. The molecule has 1 saturated carbocycles. The Balaban J connectivity index is 1.28. The molecule has 0 bridgehead atoms. The van der Waals surface area contributed by atoms with Gasteiger partial charge in [-0.2, -0.15) is 0 Å². The normalized spacial score (nSPS) is 25.8. The van der Waals surface area contributed by atoms with Crippen molar-refractivity contribution < 1.29 is 9.47 Å². The lowest BCUT2D eigenvalue weighted by atomic mass is 10.1. The van der Waals surface area contributed by atoms with Gasteiger partial charge in [0.15, 0.2) is 5.96 Å². The van der Waals surface area contributed by atoms with E-state index in [2.05, 4.69) is 45.6 Å². The molecule has 0 amide bonds. The van der Waals surface area contributed by atoms with Gasteiger partial charge in [0.05, 0.1) is 18.8 Å². The number of nitrogens with zero attached hydrogens (tertiary/aromatic N) is 2. The minimum atomic E-state index is 0.225. The van der Waals surface area contributed by atoms with E-state index in [0.717, 1.165) is 31.4 Å². The highest BCUT2D eigenvalue weighted by atomic mass is 16.5. The number of hydrogen-bond donors (Lipinski definition) is 2. The summed E-state index contributed by atoms with van der Waals surface area (Å²) in [4.78, 5) is 6.96. The highest BCUT2D eigenvalue weighted by molar-refractivity contribution is 5.79. The van der Waals surface area contributed by atoms with Crippen LogP contribution in [0.1, 0.15) is 49.7 Å². The van der Waals surface area contributed by atoms with Crippen LogP contribution in [-0.4, -0.2) is 62.4 Å². The van der Waals surface area contributed by atoms with Crippen LogP contribution in [0.4, 0.5) is 0 Å². The van der Waals surface area contributed by atoms with Gasteiger partial charge in [0.2, 0.25) is 0 Å². The predicted molar refractivity (Wildman–Crippen MR) is 117 cm³/mol. The molecule has 2 aliphatic heterocycles. The van der Waals surface area contributed by atoms with Crippen molar-refractivity contribution in [1.82, 2.24) is 15.5 Å². The first kappa shape index (κ1) is 20.5. The second-order valence-electron chi connectivity index (χ2n) is 8.69. The van der Waals surface area contributed by atoms with Gasteiger partial charge in [-0.15, -0.1) is 0 Å². The van der Waals surface area contributed by atoms with Gasteiger partial charge in [0.25, 0.3) is 0 Å². The molecule has 0 aromatic heterocycles. The van der Waals surface area contributed by atoms with E-state index < -0.39 is 0 Å². The van der Waals surface area contributed by atoms with E-state index in [0.29, 0.717) is 18.7 Å². The molecule has 3 aliphatic rings. The van der Waals surface area contributed by atoms with Crippen LogP contribution >= 0.6 is 0 Å². The Hall–Kier alpha value is -1.79. The maximum absolute atomic E-state index is 6.32. The van der Waals surface area contributed by atoms with Crippen molar-refractivity contribution in [2.45, 2.75) is 70.2 Å². The van der Waals surface area contributed by atoms with E-state index in [1.165, 1.54) is 56.2 Å². The van der Waals surface area contributed by atoms with E-state index in [9.17, 15) is 0 Å². The van der Waals surface area contributed by atoms with E-state index >= 15 is 0 Å². The van der Waals surface area contributed by atoms with Crippen LogP contribution in [0.25, 0.3) is 0 Å². The van der Waals surface area contributed by atoms with Crippen LogP contribution in [0.15, 0.2) is 23.2 Å². The lowest BCUT2D eigenvalue weighted by molar-refractivity contribution is -0.0453. The van der Waals surface area contributed by atoms with Gasteiger partial charge < -0.3 is 20.1 Å². The molecule has 29 heavy (non-hydrogen) atoms. The zero-order valence-electron chi connectivity index (χ0n) is 18.0. The number of guanidine groups is 1. The van der Waals surface area contributed by atoms with E-state index in [1.54, 1.807) is 0 Å². The molecule has 2 unspecified atom stereocenters. The first-order valence-corrected chi connectivity index (χ1v) is 11.3. The Morgan fingerprint density at radius 3 is 2.90 bits per heavy atom. The summed E-state index contributed by atoms with van der Waals surface area (Å²) in [7, 11) is 1.82. The largest absolute Gasteiger partial charge is 0.490 e. The molecular weight excluding hydrogens is 364 g/mol. The molecule has 2 saturated heterocycles. The van der Waals surface area contributed by atoms with E-state index in [-0.39, 0.29) is 6.10 Å². The van der Waals surface area contributed by atoms with Crippen LogP contribution in [0, 0.1) is 6.92 Å². The third kappa shape index (κ3) is 5.43. The maximum Gasteiger partial charge on any atom is 0.191 e. The summed E-state index contributed by atoms with van der Waals surface area (Å²) in [5.41, 5.74) is 2.41. The highest BCUT2D eigenvalue weighted by Gasteiger charge is 2.32. The average molecular weight is 401 g/mol. The topological polar surface area (TPSA) is 58.1 Å². The van der Waals surface area contributed by atoms with Crippen LogP contribution < -0.4 is 15.4 Å². The van der Waals surface area contributed by atoms with Gasteiger partial charge in [-0.3, -0.25) is 9.89 Å². The van der Waals surface area contributed by atoms with Crippen LogP contribution in [0.3, 0.4) is 0 Å². The Kier molecular flexibility index (Phi) is 6.93. The van der Waals surface area contributed by atoms with E-state index in [1.807, 2.05) is 7.05 Å². The summed E-state index contributed by atoms with van der Waals surface area (Å²) in [6.07, 6.45) is 8.08. The van der Waals surface area contributed by atoms with Crippen molar-refractivity contribution in [2.75, 3.05) is 33.3 Å². The van der Waals surface area contributed by atoms with Crippen molar-refractivity contribution in [3.63, 3.8) is 0 Å². The number of aryl methyl sites for hydroxylation is 1. The fraction of sp³-hybridized carbons (Fsp3) is 0.696. The molecule has 6 heteroatoms. The first-order valence-electron chi connectivity index (χ1n) is 11.3. The Morgan fingerprint density at radius 1 is 1.21 bits per heavy atom. The second kappa shape index (κ2) is 9.81. The maximum atomic E-state index is 6.32. The average Bonchev–Trinajstić information content (AvgIpc) is 3.40. The minimum Gasteiger partial charge on any atom is -0.490 e. The fourth-order valence-electron chi connectivity index (χ4n) is 4.72. The Bertz CT molecular complexity index is 702. The van der Waals surface area contributed by atoms with Gasteiger partial charge in [-0.1, -0.05) is 12.1 Å². The van der Waals surface area contributed by atoms with Gasteiger partial charge in [0.1, 0.15) is 5.75 Å². The third-order valence-electron chi connectivity index (χ3n) is 6.45. The van der Waals surface area contributed by atoms with Crippen molar-refractivity contribution in [2.24, 2.45) is 4.99 Å². The number of morpholine rings is 1. The number of nitrogens with one attached hydrogen (secondary N) is 2. The van der Waals surface area contributed by atoms with Crippen LogP contribution in [0.2, 0.25) is 0 Å². The zero-order valence-corrected chi connectivity index (χ0v) is 18.0. The Morgan fingerprint density at radius 2 is 2.07 bits per heavy atom. The van der Waals surface area contributed by atoms with Crippen molar-refractivity contribution >= 4 is 5.96 Å². The van der Waals surface area contributed by atoms with Gasteiger partial charge in [-0.05, 0) is 63.6 Å². The summed E-state index contributed by atoms with van der Waals surface area (Å²) in [5.74, 6) is 1.82. The molecule has 0 radical (unpaired) electrons.